The molecule has 6 nitrogen and oxygen atoms in total. The maximum atomic E-state index is 11.8. The van der Waals surface area contributed by atoms with Crippen LogP contribution in [-0.2, 0) is 9.47 Å². The van der Waals surface area contributed by atoms with Crippen molar-refractivity contribution < 1.29 is 14.3 Å². The van der Waals surface area contributed by atoms with Crippen molar-refractivity contribution in [2.24, 2.45) is 5.41 Å². The van der Waals surface area contributed by atoms with Crippen LogP contribution in [0.5, 0.6) is 0 Å². The second-order valence-electron chi connectivity index (χ2n) is 5.82. The minimum atomic E-state index is -0.428. The van der Waals surface area contributed by atoms with E-state index in [9.17, 15) is 4.79 Å². The number of hydrogen-bond donors (Lipinski definition) is 2. The van der Waals surface area contributed by atoms with Crippen LogP contribution in [0.1, 0.15) is 37.6 Å². The zero-order chi connectivity index (χ0) is 15.6. The number of nitrogen functional groups attached to an aromatic ring is 1. The molecule has 2 unspecified atom stereocenters. The highest BCUT2D eigenvalue weighted by molar-refractivity contribution is 5.97. The van der Waals surface area contributed by atoms with Crippen molar-refractivity contribution in [2.45, 2.75) is 39.3 Å². The van der Waals surface area contributed by atoms with Gasteiger partial charge in [-0.2, -0.15) is 0 Å². The Balaban J connectivity index is 2.15. The molecule has 6 heteroatoms. The van der Waals surface area contributed by atoms with Gasteiger partial charge in [-0.1, -0.05) is 13.8 Å². The number of nitrogens with zero attached hydrogens (tertiary/aromatic N) is 1. The Morgan fingerprint density at radius 3 is 2.86 bits per heavy atom. The molecule has 1 fully saturated rings. The zero-order valence-corrected chi connectivity index (χ0v) is 13.0. The molecule has 2 atom stereocenters. The Morgan fingerprint density at radius 2 is 2.29 bits per heavy atom. The van der Waals surface area contributed by atoms with Gasteiger partial charge in [-0.3, -0.25) is 0 Å². The summed E-state index contributed by atoms with van der Waals surface area (Å²) >= 11 is 0. The Hall–Kier alpha value is -1.82. The number of methoxy groups -OCH3 is 1. The molecule has 0 saturated heterocycles. The van der Waals surface area contributed by atoms with E-state index >= 15 is 0 Å². The third-order valence-corrected chi connectivity index (χ3v) is 4.26. The molecule has 0 amide bonds. The van der Waals surface area contributed by atoms with Gasteiger partial charge in [0.15, 0.2) is 0 Å². The maximum absolute atomic E-state index is 11.8. The Labute approximate surface area is 125 Å². The molecule has 1 aromatic heterocycles. The van der Waals surface area contributed by atoms with Crippen LogP contribution in [-0.4, -0.2) is 36.8 Å². The molecule has 2 rings (SSSR count). The second kappa shape index (κ2) is 5.89. The van der Waals surface area contributed by atoms with Crippen LogP contribution in [0.4, 0.5) is 11.5 Å². The van der Waals surface area contributed by atoms with Gasteiger partial charge in [-0.25, -0.2) is 9.78 Å². The Morgan fingerprint density at radius 1 is 1.57 bits per heavy atom. The van der Waals surface area contributed by atoms with Crippen LogP contribution < -0.4 is 11.1 Å². The molecule has 1 heterocycles. The summed E-state index contributed by atoms with van der Waals surface area (Å²) in [7, 11) is 1.72. The van der Waals surface area contributed by atoms with Gasteiger partial charge >= 0.3 is 5.97 Å². The first kappa shape index (κ1) is 15.6. The number of nitrogens with one attached hydrogen (secondary N) is 1. The minimum Gasteiger partial charge on any atom is -0.462 e. The maximum Gasteiger partial charge on any atom is 0.340 e. The molecule has 1 saturated carbocycles. The molecule has 0 bridgehead atoms. The predicted octanol–water partition coefficient (Wildman–Crippen LogP) is 2.07. The summed E-state index contributed by atoms with van der Waals surface area (Å²) in [5, 5.41) is 3.31. The Kier molecular flexibility index (Phi) is 4.37. The van der Waals surface area contributed by atoms with Crippen LogP contribution in [0, 0.1) is 5.41 Å². The van der Waals surface area contributed by atoms with E-state index in [1.165, 1.54) is 0 Å². The molecule has 21 heavy (non-hydrogen) atoms. The number of carbonyl (C=O) groups excluding carboxylic acids is 1. The second-order valence-corrected chi connectivity index (χ2v) is 5.82. The van der Waals surface area contributed by atoms with Crippen molar-refractivity contribution >= 4 is 17.5 Å². The van der Waals surface area contributed by atoms with Crippen molar-refractivity contribution in [3.8, 4) is 0 Å². The van der Waals surface area contributed by atoms with E-state index in [1.807, 2.05) is 0 Å². The molecule has 0 aliphatic heterocycles. The fraction of sp³-hybridized carbons (Fsp3) is 0.600. The van der Waals surface area contributed by atoms with Gasteiger partial charge in [-0.05, 0) is 19.4 Å². The third kappa shape index (κ3) is 2.81. The van der Waals surface area contributed by atoms with Gasteiger partial charge in [0.05, 0.1) is 24.0 Å². The van der Waals surface area contributed by atoms with E-state index in [2.05, 4.69) is 24.1 Å². The molecule has 0 spiro atoms. The van der Waals surface area contributed by atoms with E-state index in [1.54, 1.807) is 26.3 Å². The summed E-state index contributed by atoms with van der Waals surface area (Å²) in [5.41, 5.74) is 6.70. The molecular weight excluding hydrogens is 270 g/mol. The summed E-state index contributed by atoms with van der Waals surface area (Å²) in [6.45, 7) is 6.34. The van der Waals surface area contributed by atoms with Crippen molar-refractivity contribution in [1.82, 2.24) is 4.98 Å². The highest BCUT2D eigenvalue weighted by Gasteiger charge is 2.48. The average Bonchev–Trinajstić information content (AvgIpc) is 2.44. The fourth-order valence-electron chi connectivity index (χ4n) is 2.67. The first-order valence-electron chi connectivity index (χ1n) is 7.12. The standard InChI is InChI=1S/C15H23N3O3/c1-5-21-14(19)9-6-7-17-13(12(9)16)18-10-8-11(20-4)15(10,2)3/h6-7,10-11H,5,8,16H2,1-4H3,(H,17,18). The molecule has 116 valence electrons. The molecule has 1 aliphatic rings. The summed E-state index contributed by atoms with van der Waals surface area (Å²) in [4.78, 5) is 16.1. The quantitative estimate of drug-likeness (QED) is 0.808. The van der Waals surface area contributed by atoms with E-state index in [-0.39, 0.29) is 17.6 Å². The summed E-state index contributed by atoms with van der Waals surface area (Å²) < 4.78 is 10.4. The largest absolute Gasteiger partial charge is 0.462 e. The first-order valence-corrected chi connectivity index (χ1v) is 7.12. The fourth-order valence-corrected chi connectivity index (χ4v) is 2.67. The van der Waals surface area contributed by atoms with Gasteiger partial charge in [0.25, 0.3) is 0 Å². The van der Waals surface area contributed by atoms with Crippen molar-refractivity contribution in [3.05, 3.63) is 17.8 Å². The lowest BCUT2D eigenvalue weighted by atomic mass is 9.64. The molecule has 1 aliphatic carbocycles. The van der Waals surface area contributed by atoms with Gasteiger partial charge in [0.2, 0.25) is 0 Å². The van der Waals surface area contributed by atoms with E-state index in [0.717, 1.165) is 6.42 Å². The topological polar surface area (TPSA) is 86.5 Å². The van der Waals surface area contributed by atoms with Crippen molar-refractivity contribution in [3.63, 3.8) is 0 Å². The smallest absolute Gasteiger partial charge is 0.340 e. The lowest BCUT2D eigenvalue weighted by Gasteiger charge is -2.51. The summed E-state index contributed by atoms with van der Waals surface area (Å²) in [5.74, 6) is 0.0938. The van der Waals surface area contributed by atoms with Gasteiger partial charge < -0.3 is 20.5 Å². The van der Waals surface area contributed by atoms with Gasteiger partial charge in [-0.15, -0.1) is 0 Å². The number of nitrogens with two attached hydrogens (primary N) is 1. The van der Waals surface area contributed by atoms with Crippen molar-refractivity contribution in [2.75, 3.05) is 24.8 Å². The van der Waals surface area contributed by atoms with Crippen molar-refractivity contribution in [1.29, 1.82) is 0 Å². The van der Waals surface area contributed by atoms with Crippen LogP contribution in [0.2, 0.25) is 0 Å². The van der Waals surface area contributed by atoms with E-state index < -0.39 is 5.97 Å². The number of hydrogen-bond acceptors (Lipinski definition) is 6. The SMILES string of the molecule is CCOC(=O)c1ccnc(NC2CC(OC)C2(C)C)c1N. The van der Waals surface area contributed by atoms with Gasteiger partial charge in [0.1, 0.15) is 5.82 Å². The minimum absolute atomic E-state index is 0.0111. The van der Waals surface area contributed by atoms with Crippen LogP contribution in [0.3, 0.4) is 0 Å². The number of pyridine rings is 1. The third-order valence-electron chi connectivity index (χ3n) is 4.26. The summed E-state index contributed by atoms with van der Waals surface area (Å²) in [6, 6.07) is 1.78. The highest BCUT2D eigenvalue weighted by atomic mass is 16.5. The molecular formula is C15H23N3O3. The van der Waals surface area contributed by atoms with Gasteiger partial charge in [0, 0.05) is 24.8 Å². The van der Waals surface area contributed by atoms with E-state index in [0.29, 0.717) is 23.7 Å². The van der Waals surface area contributed by atoms with Crippen LogP contribution >= 0.6 is 0 Å². The number of anilines is 2. The number of esters is 1. The molecule has 0 radical (unpaired) electrons. The number of aromatic nitrogens is 1. The lowest BCUT2D eigenvalue weighted by Crippen LogP contribution is -2.57. The van der Waals surface area contributed by atoms with E-state index in [4.69, 9.17) is 15.2 Å². The summed E-state index contributed by atoms with van der Waals surface area (Å²) in [6.07, 6.45) is 2.66. The lowest BCUT2D eigenvalue weighted by molar-refractivity contribution is -0.0795. The highest BCUT2D eigenvalue weighted by Crippen LogP contribution is 2.44. The van der Waals surface area contributed by atoms with Crippen LogP contribution in [0.25, 0.3) is 0 Å². The monoisotopic (exact) mass is 293 g/mol. The number of carbonyl (C=O) groups is 1. The normalized spacial score (nSPS) is 23.2. The molecule has 1 aromatic rings. The molecule has 3 N–H and O–H groups in total. The number of ether oxygens (including phenoxy) is 2. The van der Waals surface area contributed by atoms with Crippen LogP contribution in [0.15, 0.2) is 12.3 Å². The Bertz CT molecular complexity index is 531. The molecule has 0 aromatic carbocycles. The average molecular weight is 293 g/mol. The predicted molar refractivity (Wildman–Crippen MR) is 81.2 cm³/mol. The number of rotatable bonds is 5. The first-order chi connectivity index (χ1) is 9.91. The zero-order valence-electron chi connectivity index (χ0n) is 13.0.